The molecular weight excluding hydrogens is 188 g/mol. The molecule has 1 aliphatic rings. The molecule has 5 nitrogen and oxygen atoms in total. The van der Waals surface area contributed by atoms with Gasteiger partial charge in [-0.3, -0.25) is 4.79 Å². The van der Waals surface area contributed by atoms with Crippen LogP contribution in [0, 0.1) is 0 Å². The molecule has 0 radical (unpaired) electrons. The first-order valence-corrected chi connectivity index (χ1v) is 4.77. The Labute approximate surface area is 79.3 Å². The fourth-order valence-electron chi connectivity index (χ4n) is 1.05. The third-order valence-corrected chi connectivity index (χ3v) is 2.67. The molecule has 0 spiro atoms. The highest BCUT2D eigenvalue weighted by atomic mass is 32.1. The molecule has 1 fully saturated rings. The third-order valence-electron chi connectivity index (χ3n) is 1.88. The van der Waals surface area contributed by atoms with E-state index in [1.807, 2.05) is 0 Å². The van der Waals surface area contributed by atoms with Crippen LogP contribution in [-0.4, -0.2) is 16.3 Å². The highest BCUT2D eigenvalue weighted by molar-refractivity contribution is 7.11. The molecule has 1 aromatic rings. The second-order valence-corrected chi connectivity index (χ2v) is 3.83. The predicted molar refractivity (Wildman–Crippen MR) is 51.7 cm³/mol. The van der Waals surface area contributed by atoms with Crippen molar-refractivity contribution < 1.29 is 4.79 Å². The Morgan fingerprint density at radius 1 is 1.62 bits per heavy atom. The van der Waals surface area contributed by atoms with Gasteiger partial charge in [0.25, 0.3) is 5.91 Å². The van der Waals surface area contributed by atoms with E-state index in [1.165, 1.54) is 11.5 Å². The Morgan fingerprint density at radius 2 is 2.31 bits per heavy atom. The highest BCUT2D eigenvalue weighted by Crippen LogP contribution is 2.31. The molecule has 70 valence electrons. The summed E-state index contributed by atoms with van der Waals surface area (Å²) in [5.41, 5.74) is 11.0. The Bertz CT molecular complexity index is 344. The minimum absolute atomic E-state index is 0.223. The Hall–Kier alpha value is -1.30. The van der Waals surface area contributed by atoms with E-state index < -0.39 is 5.91 Å². The second kappa shape index (κ2) is 2.88. The average Bonchev–Trinajstić information content (AvgIpc) is 2.76. The molecule has 0 bridgehead atoms. The quantitative estimate of drug-likeness (QED) is 0.655. The molecule has 0 saturated heterocycles. The van der Waals surface area contributed by atoms with Crippen molar-refractivity contribution in [3.05, 3.63) is 5.56 Å². The molecule has 6 heteroatoms. The zero-order chi connectivity index (χ0) is 9.42. The van der Waals surface area contributed by atoms with Crippen LogP contribution in [0.1, 0.15) is 23.2 Å². The van der Waals surface area contributed by atoms with E-state index in [0.717, 1.165) is 12.8 Å². The first-order valence-electron chi connectivity index (χ1n) is 4.00. The standard InChI is InChI=1S/C7H10N4OS/c8-5-4(6(9)12)7(13-11-5)10-3-1-2-3/h3,10H,1-2H2,(H2,8,11)(H2,9,12). The van der Waals surface area contributed by atoms with E-state index in [9.17, 15) is 4.79 Å². The average molecular weight is 198 g/mol. The van der Waals surface area contributed by atoms with Crippen molar-refractivity contribution in [2.45, 2.75) is 18.9 Å². The minimum atomic E-state index is -0.519. The fourth-order valence-corrected chi connectivity index (χ4v) is 1.85. The number of rotatable bonds is 3. The van der Waals surface area contributed by atoms with Crippen LogP contribution in [0.15, 0.2) is 0 Å². The summed E-state index contributed by atoms with van der Waals surface area (Å²) < 4.78 is 3.87. The lowest BCUT2D eigenvalue weighted by molar-refractivity contribution is 0.100. The molecule has 1 amide bonds. The van der Waals surface area contributed by atoms with E-state index in [-0.39, 0.29) is 5.82 Å². The Kier molecular flexibility index (Phi) is 1.84. The lowest BCUT2D eigenvalue weighted by Crippen LogP contribution is -2.15. The Balaban J connectivity index is 2.27. The SMILES string of the molecule is NC(=O)c1c(N)nsc1NC1CC1. The molecule has 5 N–H and O–H groups in total. The number of carbonyl (C=O) groups is 1. The third kappa shape index (κ3) is 1.57. The monoisotopic (exact) mass is 198 g/mol. The van der Waals surface area contributed by atoms with Crippen molar-refractivity contribution in [1.29, 1.82) is 0 Å². The van der Waals surface area contributed by atoms with Gasteiger partial charge < -0.3 is 16.8 Å². The maximum atomic E-state index is 11.0. The number of nitrogens with one attached hydrogen (secondary N) is 1. The van der Waals surface area contributed by atoms with Gasteiger partial charge in [0.2, 0.25) is 0 Å². The first kappa shape index (κ1) is 8.31. The van der Waals surface area contributed by atoms with Crippen molar-refractivity contribution in [3.63, 3.8) is 0 Å². The second-order valence-electron chi connectivity index (χ2n) is 3.05. The van der Waals surface area contributed by atoms with Crippen LogP contribution in [0.25, 0.3) is 0 Å². The highest BCUT2D eigenvalue weighted by Gasteiger charge is 2.25. The summed E-state index contributed by atoms with van der Waals surface area (Å²) in [4.78, 5) is 11.0. The van der Waals surface area contributed by atoms with Crippen molar-refractivity contribution in [1.82, 2.24) is 4.37 Å². The fraction of sp³-hybridized carbons (Fsp3) is 0.429. The van der Waals surface area contributed by atoms with Gasteiger partial charge in [0.05, 0.1) is 0 Å². The van der Waals surface area contributed by atoms with Gasteiger partial charge in [0, 0.05) is 6.04 Å². The van der Waals surface area contributed by atoms with Crippen LogP contribution in [0.4, 0.5) is 10.8 Å². The van der Waals surface area contributed by atoms with Gasteiger partial charge in [-0.15, -0.1) is 0 Å². The van der Waals surface area contributed by atoms with Crippen LogP contribution in [0.3, 0.4) is 0 Å². The Morgan fingerprint density at radius 3 is 2.85 bits per heavy atom. The van der Waals surface area contributed by atoms with Crippen molar-refractivity contribution in [3.8, 4) is 0 Å². The molecule has 2 rings (SSSR count). The number of amides is 1. The van der Waals surface area contributed by atoms with Crippen LogP contribution in [-0.2, 0) is 0 Å². The lowest BCUT2D eigenvalue weighted by atomic mass is 10.3. The van der Waals surface area contributed by atoms with E-state index >= 15 is 0 Å². The number of aromatic nitrogens is 1. The summed E-state index contributed by atoms with van der Waals surface area (Å²) in [6.45, 7) is 0. The maximum Gasteiger partial charge on any atom is 0.255 e. The van der Waals surface area contributed by atoms with E-state index in [2.05, 4.69) is 9.69 Å². The molecule has 1 heterocycles. The smallest absolute Gasteiger partial charge is 0.255 e. The van der Waals surface area contributed by atoms with Gasteiger partial charge in [-0.1, -0.05) is 0 Å². The molecule has 1 aliphatic carbocycles. The lowest BCUT2D eigenvalue weighted by Gasteiger charge is -2.01. The molecule has 0 unspecified atom stereocenters. The van der Waals surface area contributed by atoms with Gasteiger partial charge in [-0.25, -0.2) is 0 Å². The normalized spacial score (nSPS) is 15.7. The predicted octanol–water partition coefficient (Wildman–Crippen LogP) is 0.398. The van der Waals surface area contributed by atoms with Gasteiger partial charge in [0.15, 0.2) is 5.82 Å². The van der Waals surface area contributed by atoms with E-state index in [0.29, 0.717) is 16.6 Å². The van der Waals surface area contributed by atoms with E-state index in [1.54, 1.807) is 0 Å². The summed E-state index contributed by atoms with van der Waals surface area (Å²) in [5, 5.41) is 3.86. The number of carbonyl (C=O) groups excluding carboxylic acids is 1. The molecular formula is C7H10N4OS. The van der Waals surface area contributed by atoms with Crippen molar-refractivity contribution in [2.24, 2.45) is 5.73 Å². The number of primary amides is 1. The summed E-state index contributed by atoms with van der Waals surface area (Å²) in [5.74, 6) is -0.296. The first-order chi connectivity index (χ1) is 6.18. The minimum Gasteiger partial charge on any atom is -0.382 e. The zero-order valence-electron chi connectivity index (χ0n) is 6.91. The van der Waals surface area contributed by atoms with E-state index in [4.69, 9.17) is 11.5 Å². The van der Waals surface area contributed by atoms with Crippen LogP contribution in [0.5, 0.6) is 0 Å². The zero-order valence-corrected chi connectivity index (χ0v) is 7.73. The summed E-state index contributed by atoms with van der Waals surface area (Å²) >= 11 is 1.19. The molecule has 0 aliphatic heterocycles. The molecule has 13 heavy (non-hydrogen) atoms. The van der Waals surface area contributed by atoms with Crippen LogP contribution < -0.4 is 16.8 Å². The molecule has 0 aromatic carbocycles. The summed E-state index contributed by atoms with van der Waals surface area (Å²) in [6.07, 6.45) is 2.27. The van der Waals surface area contributed by atoms with Crippen LogP contribution >= 0.6 is 11.5 Å². The summed E-state index contributed by atoms with van der Waals surface area (Å²) in [7, 11) is 0. The van der Waals surface area contributed by atoms with Crippen LogP contribution in [0.2, 0.25) is 0 Å². The number of nitrogens with two attached hydrogens (primary N) is 2. The summed E-state index contributed by atoms with van der Waals surface area (Å²) in [6, 6.07) is 0.470. The largest absolute Gasteiger partial charge is 0.382 e. The molecule has 0 atom stereocenters. The number of nitrogen functional groups attached to an aromatic ring is 1. The number of hydrogen-bond acceptors (Lipinski definition) is 5. The molecule has 1 aromatic heterocycles. The van der Waals surface area contributed by atoms with Gasteiger partial charge in [0.1, 0.15) is 10.6 Å². The van der Waals surface area contributed by atoms with Crippen molar-refractivity contribution in [2.75, 3.05) is 11.1 Å². The number of nitrogens with zero attached hydrogens (tertiary/aromatic N) is 1. The van der Waals surface area contributed by atoms with Crippen molar-refractivity contribution >= 4 is 28.3 Å². The van der Waals surface area contributed by atoms with Gasteiger partial charge in [-0.2, -0.15) is 4.37 Å². The number of hydrogen-bond donors (Lipinski definition) is 3. The van der Waals surface area contributed by atoms with Gasteiger partial charge >= 0.3 is 0 Å². The number of anilines is 2. The topological polar surface area (TPSA) is 94.0 Å². The van der Waals surface area contributed by atoms with Gasteiger partial charge in [-0.05, 0) is 24.4 Å². The molecule has 1 saturated carbocycles. The maximum absolute atomic E-state index is 11.0.